The highest BCUT2D eigenvalue weighted by Crippen LogP contribution is 2.24. The van der Waals surface area contributed by atoms with Gasteiger partial charge in [-0.3, -0.25) is 4.79 Å². The van der Waals surface area contributed by atoms with Crippen molar-refractivity contribution >= 4 is 46.0 Å². The molecule has 2 aromatic rings. The summed E-state index contributed by atoms with van der Waals surface area (Å²) in [5.41, 5.74) is 0.486. The van der Waals surface area contributed by atoms with Crippen molar-refractivity contribution in [2.45, 2.75) is 0 Å². The topological polar surface area (TPSA) is 17.1 Å². The highest BCUT2D eigenvalue weighted by Gasteiger charge is 2.11. The quantitative estimate of drug-likeness (QED) is 0.533. The van der Waals surface area contributed by atoms with Crippen molar-refractivity contribution in [2.75, 3.05) is 0 Å². The Kier molecular flexibility index (Phi) is 4.68. The zero-order valence-corrected chi connectivity index (χ0v) is 12.4. The highest BCUT2D eigenvalue weighted by molar-refractivity contribution is 9.10. The van der Waals surface area contributed by atoms with E-state index in [0.29, 0.717) is 5.02 Å². The number of halogens is 4. The summed E-state index contributed by atoms with van der Waals surface area (Å²) in [6.07, 6.45) is 3.30. The molecular formula is C15H8BrClF2O. The van der Waals surface area contributed by atoms with E-state index in [2.05, 4.69) is 15.9 Å². The molecule has 0 radical (unpaired) electrons. The molecule has 0 aromatic heterocycles. The summed E-state index contributed by atoms with van der Waals surface area (Å²) in [5, 5.41) is 0.538. The minimum Gasteiger partial charge on any atom is -0.298 e. The minimum absolute atomic E-state index is 0.0555. The van der Waals surface area contributed by atoms with Crippen molar-refractivity contribution in [3.63, 3.8) is 0 Å². The van der Waals surface area contributed by atoms with Crippen LogP contribution in [0.2, 0.25) is 5.02 Å². The van der Waals surface area contributed by atoms with Gasteiger partial charge < -0.3 is 0 Å². The molecule has 0 aliphatic heterocycles. The van der Waals surface area contributed by atoms with Gasteiger partial charge in [0, 0.05) is 15.1 Å². The zero-order valence-electron chi connectivity index (χ0n) is 10.0. The van der Waals surface area contributed by atoms with Gasteiger partial charge in [0.05, 0.1) is 5.56 Å². The second-order valence-electron chi connectivity index (χ2n) is 3.99. The molecule has 20 heavy (non-hydrogen) atoms. The van der Waals surface area contributed by atoms with E-state index < -0.39 is 11.6 Å². The van der Waals surface area contributed by atoms with Gasteiger partial charge in [0.25, 0.3) is 0 Å². The van der Waals surface area contributed by atoms with Crippen LogP contribution in [-0.2, 0) is 0 Å². The normalized spacial score (nSPS) is 11.0. The summed E-state index contributed by atoms with van der Waals surface area (Å²) in [6.45, 7) is 0. The van der Waals surface area contributed by atoms with E-state index in [1.54, 1.807) is 24.3 Å². The zero-order chi connectivity index (χ0) is 14.7. The second kappa shape index (κ2) is 6.29. The van der Waals surface area contributed by atoms with Crippen LogP contribution in [0.25, 0.3) is 12.2 Å². The standard InChI is InChI=1S/C15H8BrClF2O/c16-13-6-5-12(17)7-10(13)3-1-9-2-4-11(8-20)15(19)14(9)18/h1-8H/b3-1-. The summed E-state index contributed by atoms with van der Waals surface area (Å²) in [6, 6.07) is 7.74. The molecule has 0 fully saturated rings. The first-order valence-electron chi connectivity index (χ1n) is 5.59. The van der Waals surface area contributed by atoms with Gasteiger partial charge in [-0.15, -0.1) is 0 Å². The molecular weight excluding hydrogens is 350 g/mol. The van der Waals surface area contributed by atoms with Crippen LogP contribution in [0.5, 0.6) is 0 Å². The van der Waals surface area contributed by atoms with Crippen LogP contribution in [0.15, 0.2) is 34.8 Å². The molecule has 0 bridgehead atoms. The van der Waals surface area contributed by atoms with Gasteiger partial charge in [-0.25, -0.2) is 8.78 Å². The first kappa shape index (κ1) is 14.9. The number of hydrogen-bond acceptors (Lipinski definition) is 1. The van der Waals surface area contributed by atoms with Crippen molar-refractivity contribution in [3.05, 3.63) is 68.2 Å². The fraction of sp³-hybridized carbons (Fsp3) is 0. The Balaban J connectivity index is 2.39. The van der Waals surface area contributed by atoms with Gasteiger partial charge in [0.15, 0.2) is 17.9 Å². The molecule has 0 saturated carbocycles. The third-order valence-corrected chi connectivity index (χ3v) is 3.63. The van der Waals surface area contributed by atoms with Gasteiger partial charge in [-0.05, 0) is 29.8 Å². The van der Waals surface area contributed by atoms with Gasteiger partial charge in [-0.2, -0.15) is 0 Å². The molecule has 0 N–H and O–H groups in total. The summed E-state index contributed by atoms with van der Waals surface area (Å²) >= 11 is 9.20. The van der Waals surface area contributed by atoms with E-state index in [1.807, 2.05) is 0 Å². The van der Waals surface area contributed by atoms with E-state index in [0.717, 1.165) is 10.0 Å². The number of carbonyl (C=O) groups is 1. The Bertz CT molecular complexity index is 699. The van der Waals surface area contributed by atoms with E-state index in [1.165, 1.54) is 18.2 Å². The van der Waals surface area contributed by atoms with Crippen LogP contribution >= 0.6 is 27.5 Å². The number of aldehydes is 1. The molecule has 2 aromatic carbocycles. The van der Waals surface area contributed by atoms with E-state index in [4.69, 9.17) is 11.6 Å². The molecule has 0 aliphatic rings. The molecule has 5 heteroatoms. The molecule has 0 atom stereocenters. The second-order valence-corrected chi connectivity index (χ2v) is 5.28. The van der Waals surface area contributed by atoms with E-state index in [-0.39, 0.29) is 17.4 Å². The largest absolute Gasteiger partial charge is 0.298 e. The number of benzene rings is 2. The lowest BCUT2D eigenvalue weighted by Gasteiger charge is -2.02. The fourth-order valence-corrected chi connectivity index (χ4v) is 2.18. The molecule has 1 nitrogen and oxygen atoms in total. The number of carbonyl (C=O) groups excluding carboxylic acids is 1. The maximum atomic E-state index is 13.7. The Hall–Kier alpha value is -1.52. The van der Waals surface area contributed by atoms with E-state index in [9.17, 15) is 13.6 Å². The summed E-state index contributed by atoms with van der Waals surface area (Å²) < 4.78 is 28.0. The minimum atomic E-state index is -1.15. The molecule has 0 saturated heterocycles. The van der Waals surface area contributed by atoms with Crippen molar-refractivity contribution in [1.29, 1.82) is 0 Å². The molecule has 0 aliphatic carbocycles. The molecule has 0 unspecified atom stereocenters. The molecule has 0 spiro atoms. The lowest BCUT2D eigenvalue weighted by Crippen LogP contribution is -1.95. The van der Waals surface area contributed by atoms with Crippen molar-refractivity contribution in [2.24, 2.45) is 0 Å². The lowest BCUT2D eigenvalue weighted by atomic mass is 10.1. The van der Waals surface area contributed by atoms with Crippen LogP contribution in [0.3, 0.4) is 0 Å². The van der Waals surface area contributed by atoms with Gasteiger partial charge >= 0.3 is 0 Å². The van der Waals surface area contributed by atoms with Crippen molar-refractivity contribution < 1.29 is 13.6 Å². The first-order chi connectivity index (χ1) is 9.52. The van der Waals surface area contributed by atoms with Crippen LogP contribution in [0.4, 0.5) is 8.78 Å². The molecule has 0 amide bonds. The maximum absolute atomic E-state index is 13.7. The number of rotatable bonds is 3. The third kappa shape index (κ3) is 3.14. The predicted octanol–water partition coefficient (Wildman–Crippen LogP) is 5.36. The smallest absolute Gasteiger partial charge is 0.169 e. The summed E-state index contributed by atoms with van der Waals surface area (Å²) in [5.74, 6) is -2.20. The average molecular weight is 358 g/mol. The predicted molar refractivity (Wildman–Crippen MR) is 79.8 cm³/mol. The maximum Gasteiger partial charge on any atom is 0.169 e. The SMILES string of the molecule is O=Cc1ccc(/C=C\c2cc(Cl)ccc2Br)c(F)c1F. The third-order valence-electron chi connectivity index (χ3n) is 2.67. The molecule has 102 valence electrons. The van der Waals surface area contributed by atoms with Crippen LogP contribution in [0, 0.1) is 11.6 Å². The highest BCUT2D eigenvalue weighted by atomic mass is 79.9. The van der Waals surface area contributed by atoms with Crippen LogP contribution in [0.1, 0.15) is 21.5 Å². The molecule has 2 rings (SSSR count). The molecule has 0 heterocycles. The Labute approximate surface area is 128 Å². The van der Waals surface area contributed by atoms with E-state index >= 15 is 0 Å². The fourth-order valence-electron chi connectivity index (χ4n) is 1.62. The first-order valence-corrected chi connectivity index (χ1v) is 6.76. The van der Waals surface area contributed by atoms with Crippen molar-refractivity contribution in [1.82, 2.24) is 0 Å². The Morgan fingerprint density at radius 1 is 0.950 bits per heavy atom. The monoisotopic (exact) mass is 356 g/mol. The average Bonchev–Trinajstić information content (AvgIpc) is 2.44. The van der Waals surface area contributed by atoms with Crippen LogP contribution in [-0.4, -0.2) is 6.29 Å². The summed E-state index contributed by atoms with van der Waals surface area (Å²) in [4.78, 5) is 10.5. The number of hydrogen-bond donors (Lipinski definition) is 0. The van der Waals surface area contributed by atoms with Gasteiger partial charge in [0.2, 0.25) is 0 Å². The van der Waals surface area contributed by atoms with Crippen LogP contribution < -0.4 is 0 Å². The lowest BCUT2D eigenvalue weighted by molar-refractivity contribution is 0.111. The Morgan fingerprint density at radius 2 is 1.55 bits per heavy atom. The van der Waals surface area contributed by atoms with Gasteiger partial charge in [-0.1, -0.05) is 45.7 Å². The summed E-state index contributed by atoms with van der Waals surface area (Å²) in [7, 11) is 0. The van der Waals surface area contributed by atoms with Gasteiger partial charge in [0.1, 0.15) is 0 Å². The van der Waals surface area contributed by atoms with Crippen molar-refractivity contribution in [3.8, 4) is 0 Å². The Morgan fingerprint density at radius 3 is 2.25 bits per heavy atom.